The standard InChI is InChI=1S/C29H50O3/c1-18(2)8-7-9-19(3)23-12-13-24-22-11-10-21-16-27(32-20(4)30)26(31)17-29(21,6)25(22)14-15-28(23,24)5/h18-19,21-27,31H,7-17H2,1-6H3/t19-,21+,22+,23-,24+,25+,26+,27+,28-,29+/m1/s1. The van der Waals surface area contributed by atoms with Crippen LogP contribution in [0.3, 0.4) is 0 Å². The van der Waals surface area contributed by atoms with Gasteiger partial charge in [0.25, 0.3) is 0 Å². The molecule has 0 amide bonds. The average Bonchev–Trinajstić information content (AvgIpc) is 3.05. The van der Waals surface area contributed by atoms with Crippen molar-refractivity contribution in [3.05, 3.63) is 0 Å². The van der Waals surface area contributed by atoms with E-state index >= 15 is 0 Å². The summed E-state index contributed by atoms with van der Waals surface area (Å²) in [5.41, 5.74) is 0.733. The fraction of sp³-hybridized carbons (Fsp3) is 0.966. The lowest BCUT2D eigenvalue weighted by atomic mass is 9.44. The normalized spacial score (nSPS) is 46.8. The van der Waals surface area contributed by atoms with Crippen molar-refractivity contribution >= 4 is 5.97 Å². The highest BCUT2D eigenvalue weighted by Gasteiger charge is 2.61. The number of ether oxygens (including phenoxy) is 1. The van der Waals surface area contributed by atoms with Crippen LogP contribution in [0, 0.1) is 52.3 Å². The van der Waals surface area contributed by atoms with Gasteiger partial charge in [0.1, 0.15) is 6.10 Å². The Morgan fingerprint density at radius 3 is 2.41 bits per heavy atom. The van der Waals surface area contributed by atoms with Gasteiger partial charge in [0.15, 0.2) is 0 Å². The minimum Gasteiger partial charge on any atom is -0.460 e. The number of hydrogen-bond acceptors (Lipinski definition) is 3. The highest BCUT2D eigenvalue weighted by Crippen LogP contribution is 2.68. The van der Waals surface area contributed by atoms with Crippen LogP contribution in [-0.4, -0.2) is 23.3 Å². The van der Waals surface area contributed by atoms with Crippen molar-refractivity contribution in [3.63, 3.8) is 0 Å². The molecule has 0 spiro atoms. The van der Waals surface area contributed by atoms with E-state index in [1.54, 1.807) is 0 Å². The van der Waals surface area contributed by atoms with Crippen LogP contribution >= 0.6 is 0 Å². The van der Waals surface area contributed by atoms with E-state index in [-0.39, 0.29) is 17.5 Å². The molecule has 0 aromatic carbocycles. The topological polar surface area (TPSA) is 46.5 Å². The van der Waals surface area contributed by atoms with Crippen molar-refractivity contribution in [2.24, 2.45) is 52.3 Å². The van der Waals surface area contributed by atoms with Crippen LogP contribution in [0.15, 0.2) is 0 Å². The van der Waals surface area contributed by atoms with Crippen LogP contribution in [0.1, 0.15) is 112 Å². The van der Waals surface area contributed by atoms with E-state index in [1.165, 1.54) is 64.7 Å². The molecule has 3 heteroatoms. The van der Waals surface area contributed by atoms with Crippen LogP contribution in [0.25, 0.3) is 0 Å². The number of rotatable bonds is 6. The summed E-state index contributed by atoms with van der Waals surface area (Å²) >= 11 is 0. The van der Waals surface area contributed by atoms with Gasteiger partial charge in [-0.3, -0.25) is 4.79 Å². The monoisotopic (exact) mass is 446 g/mol. The summed E-state index contributed by atoms with van der Waals surface area (Å²) in [5, 5.41) is 10.9. The number of aliphatic hydroxyl groups is 1. The van der Waals surface area contributed by atoms with E-state index in [1.807, 2.05) is 0 Å². The Balaban J connectivity index is 1.46. The number of fused-ring (bicyclic) bond motifs is 5. The van der Waals surface area contributed by atoms with Crippen molar-refractivity contribution in [2.45, 2.75) is 124 Å². The molecule has 32 heavy (non-hydrogen) atoms. The van der Waals surface area contributed by atoms with E-state index < -0.39 is 6.10 Å². The average molecular weight is 447 g/mol. The molecule has 0 unspecified atom stereocenters. The van der Waals surface area contributed by atoms with Crippen LogP contribution in [0.2, 0.25) is 0 Å². The minimum absolute atomic E-state index is 0.210. The number of aliphatic hydroxyl groups excluding tert-OH is 1. The fourth-order valence-corrected chi connectivity index (χ4v) is 9.62. The maximum Gasteiger partial charge on any atom is 0.302 e. The Kier molecular flexibility index (Phi) is 7.08. The molecule has 4 rings (SSSR count). The number of carbonyl (C=O) groups excluding carboxylic acids is 1. The van der Waals surface area contributed by atoms with Gasteiger partial charge in [0.2, 0.25) is 0 Å². The quantitative estimate of drug-likeness (QED) is 0.446. The molecule has 4 saturated carbocycles. The molecule has 4 aliphatic carbocycles. The third kappa shape index (κ3) is 4.29. The Morgan fingerprint density at radius 2 is 1.72 bits per heavy atom. The molecule has 0 aromatic rings. The molecule has 0 aromatic heterocycles. The molecule has 4 fully saturated rings. The summed E-state index contributed by atoms with van der Waals surface area (Å²) in [4.78, 5) is 11.5. The summed E-state index contributed by atoms with van der Waals surface area (Å²) < 4.78 is 5.52. The zero-order valence-electron chi connectivity index (χ0n) is 21.7. The second-order valence-corrected chi connectivity index (χ2v) is 13.3. The van der Waals surface area contributed by atoms with Gasteiger partial charge in [-0.25, -0.2) is 0 Å². The first-order valence-corrected chi connectivity index (χ1v) is 13.9. The van der Waals surface area contributed by atoms with Crippen LogP contribution in [0.5, 0.6) is 0 Å². The van der Waals surface area contributed by atoms with E-state index in [0.717, 1.165) is 48.3 Å². The predicted molar refractivity (Wildman–Crippen MR) is 130 cm³/mol. The van der Waals surface area contributed by atoms with Crippen LogP contribution in [0.4, 0.5) is 0 Å². The second-order valence-electron chi connectivity index (χ2n) is 13.3. The lowest BCUT2D eigenvalue weighted by Crippen LogP contribution is -2.57. The molecule has 0 aliphatic heterocycles. The maximum atomic E-state index is 11.5. The summed E-state index contributed by atoms with van der Waals surface area (Å²) in [6, 6.07) is 0. The van der Waals surface area contributed by atoms with Gasteiger partial charge >= 0.3 is 5.97 Å². The van der Waals surface area contributed by atoms with Crippen molar-refractivity contribution in [1.82, 2.24) is 0 Å². The van der Waals surface area contributed by atoms with Gasteiger partial charge in [-0.05, 0) is 104 Å². The van der Waals surface area contributed by atoms with Gasteiger partial charge in [0, 0.05) is 6.92 Å². The highest BCUT2D eigenvalue weighted by atomic mass is 16.6. The first-order valence-electron chi connectivity index (χ1n) is 13.9. The number of carbonyl (C=O) groups is 1. The molecule has 10 atom stereocenters. The number of esters is 1. The first-order chi connectivity index (χ1) is 15.1. The van der Waals surface area contributed by atoms with E-state index in [0.29, 0.717) is 11.3 Å². The van der Waals surface area contributed by atoms with Crippen LogP contribution in [-0.2, 0) is 9.53 Å². The Morgan fingerprint density at radius 1 is 1.00 bits per heavy atom. The Labute approximate surface area is 197 Å². The zero-order chi connectivity index (χ0) is 23.3. The molecular weight excluding hydrogens is 396 g/mol. The van der Waals surface area contributed by atoms with E-state index in [9.17, 15) is 9.90 Å². The van der Waals surface area contributed by atoms with Crippen molar-refractivity contribution in [2.75, 3.05) is 0 Å². The minimum atomic E-state index is -0.496. The predicted octanol–water partition coefficient (Wildman–Crippen LogP) is 7.01. The zero-order valence-corrected chi connectivity index (χ0v) is 21.7. The number of hydrogen-bond donors (Lipinski definition) is 1. The maximum absolute atomic E-state index is 11.5. The molecule has 4 aliphatic rings. The molecule has 0 heterocycles. The van der Waals surface area contributed by atoms with E-state index in [2.05, 4.69) is 34.6 Å². The molecular formula is C29H50O3. The van der Waals surface area contributed by atoms with E-state index in [4.69, 9.17) is 4.74 Å². The molecule has 0 bridgehead atoms. The largest absolute Gasteiger partial charge is 0.460 e. The lowest BCUT2D eigenvalue weighted by Gasteiger charge is -2.61. The van der Waals surface area contributed by atoms with Crippen molar-refractivity contribution < 1.29 is 14.6 Å². The first kappa shape index (κ1) is 24.6. The fourth-order valence-electron chi connectivity index (χ4n) is 9.62. The third-order valence-electron chi connectivity index (χ3n) is 11.2. The Bertz CT molecular complexity index is 673. The summed E-state index contributed by atoms with van der Waals surface area (Å²) in [6.07, 6.45) is 13.2. The lowest BCUT2D eigenvalue weighted by molar-refractivity contribution is -0.182. The van der Waals surface area contributed by atoms with Gasteiger partial charge in [-0.15, -0.1) is 0 Å². The molecule has 3 nitrogen and oxygen atoms in total. The molecule has 0 radical (unpaired) electrons. The molecule has 0 saturated heterocycles. The molecule has 184 valence electrons. The van der Waals surface area contributed by atoms with Crippen molar-refractivity contribution in [3.8, 4) is 0 Å². The van der Waals surface area contributed by atoms with Crippen molar-refractivity contribution in [1.29, 1.82) is 0 Å². The smallest absolute Gasteiger partial charge is 0.302 e. The second kappa shape index (κ2) is 9.23. The van der Waals surface area contributed by atoms with Gasteiger partial charge in [-0.1, -0.05) is 53.9 Å². The molecule has 1 N–H and O–H groups in total. The Hall–Kier alpha value is -0.570. The summed E-state index contributed by atoms with van der Waals surface area (Å²) in [7, 11) is 0. The SMILES string of the molecule is CC(=O)O[C@H]1C[C@@H]2CC[C@@H]3[C@H](CC[C@]4(C)[C@@H]([C@H](C)CCCC(C)C)CC[C@@H]34)[C@@]2(C)C[C@@H]1O. The van der Waals surface area contributed by atoms with Gasteiger partial charge in [-0.2, -0.15) is 0 Å². The van der Waals surface area contributed by atoms with Gasteiger partial charge in [0.05, 0.1) is 6.10 Å². The summed E-state index contributed by atoms with van der Waals surface area (Å²) in [6.45, 7) is 13.9. The van der Waals surface area contributed by atoms with Gasteiger partial charge < -0.3 is 9.84 Å². The summed E-state index contributed by atoms with van der Waals surface area (Å²) in [5.74, 6) is 5.37. The highest BCUT2D eigenvalue weighted by molar-refractivity contribution is 5.66. The van der Waals surface area contributed by atoms with Crippen LogP contribution < -0.4 is 0 Å². The third-order valence-corrected chi connectivity index (χ3v) is 11.2.